The molecule has 2 heterocycles. The van der Waals surface area contributed by atoms with Gasteiger partial charge in [0.1, 0.15) is 5.82 Å². The van der Waals surface area contributed by atoms with Crippen LogP contribution in [0.1, 0.15) is 18.3 Å². The van der Waals surface area contributed by atoms with Crippen LogP contribution in [0.15, 0.2) is 41.5 Å². The van der Waals surface area contributed by atoms with Crippen LogP contribution in [-0.2, 0) is 17.8 Å². The summed E-state index contributed by atoms with van der Waals surface area (Å²) in [5, 5.41) is 2.67. The second kappa shape index (κ2) is 6.43. The van der Waals surface area contributed by atoms with E-state index in [0.717, 1.165) is 5.56 Å². The largest absolute Gasteiger partial charge is 0.356 e. The van der Waals surface area contributed by atoms with Crippen molar-refractivity contribution in [1.29, 1.82) is 0 Å². The van der Waals surface area contributed by atoms with Gasteiger partial charge in [-0.15, -0.1) is 0 Å². The van der Waals surface area contributed by atoms with Gasteiger partial charge in [0.25, 0.3) is 5.56 Å². The summed E-state index contributed by atoms with van der Waals surface area (Å²) in [6.07, 6.45) is 2.08. The predicted molar refractivity (Wildman–Crippen MR) is 86.1 cm³/mol. The van der Waals surface area contributed by atoms with Crippen molar-refractivity contribution < 1.29 is 4.79 Å². The molecular weight excluding hydrogens is 294 g/mol. The van der Waals surface area contributed by atoms with E-state index in [1.807, 2.05) is 30.3 Å². The molecule has 0 aliphatic carbocycles. The summed E-state index contributed by atoms with van der Waals surface area (Å²) in [6.45, 7) is 2.44. The Morgan fingerprint density at radius 3 is 2.83 bits per heavy atom. The van der Waals surface area contributed by atoms with Gasteiger partial charge in [0.05, 0.1) is 6.33 Å². The van der Waals surface area contributed by atoms with Crippen molar-refractivity contribution >= 4 is 17.1 Å². The van der Waals surface area contributed by atoms with E-state index >= 15 is 0 Å². The molecule has 3 rings (SSSR count). The predicted octanol–water partition coefficient (Wildman–Crippen LogP) is 0.846. The van der Waals surface area contributed by atoms with E-state index in [1.54, 1.807) is 10.9 Å². The molecule has 0 saturated heterocycles. The number of hydrogen-bond acceptors (Lipinski definition) is 4. The van der Waals surface area contributed by atoms with Crippen LogP contribution in [0.3, 0.4) is 0 Å². The molecule has 0 aliphatic heterocycles. The maximum atomic E-state index is 12.3. The third kappa shape index (κ3) is 3.45. The Morgan fingerprint density at radius 1 is 1.30 bits per heavy atom. The third-order valence-electron chi connectivity index (χ3n) is 3.46. The van der Waals surface area contributed by atoms with Crippen LogP contribution < -0.4 is 10.9 Å². The lowest BCUT2D eigenvalue weighted by molar-refractivity contribution is -0.118. The fourth-order valence-corrected chi connectivity index (χ4v) is 2.41. The summed E-state index contributed by atoms with van der Waals surface area (Å²) in [6, 6.07) is 9.85. The van der Waals surface area contributed by atoms with Gasteiger partial charge >= 0.3 is 0 Å². The number of fused-ring (bicyclic) bond motifs is 1. The molecule has 7 heteroatoms. The average molecular weight is 311 g/mol. The number of nitrogens with zero attached hydrogens (tertiary/aromatic N) is 3. The monoisotopic (exact) mass is 311 g/mol. The fourth-order valence-electron chi connectivity index (χ4n) is 2.41. The summed E-state index contributed by atoms with van der Waals surface area (Å²) in [4.78, 5) is 34.5. The topological polar surface area (TPSA) is 92.7 Å². The number of imidazole rings is 1. The van der Waals surface area contributed by atoms with E-state index < -0.39 is 0 Å². The Kier molecular flexibility index (Phi) is 4.18. The first-order valence-corrected chi connectivity index (χ1v) is 7.36. The van der Waals surface area contributed by atoms with Gasteiger partial charge in [0, 0.05) is 26.4 Å². The molecule has 1 amide bonds. The third-order valence-corrected chi connectivity index (χ3v) is 3.46. The van der Waals surface area contributed by atoms with Gasteiger partial charge in [-0.2, -0.15) is 0 Å². The second-order valence-corrected chi connectivity index (χ2v) is 5.28. The standard InChI is InChI=1S/C16H17N5O2/c1-11(22)17-8-7-13-19-15-14(16(23)20-13)21(10-18-15)9-12-5-3-2-4-6-12/h2-6,10H,7-9H2,1H3,(H,17,22)(H,19,20,23). The highest BCUT2D eigenvalue weighted by molar-refractivity contribution is 5.72. The van der Waals surface area contributed by atoms with Crippen LogP contribution in [0, 0.1) is 0 Å². The van der Waals surface area contributed by atoms with Gasteiger partial charge in [0.15, 0.2) is 11.2 Å². The molecule has 0 unspecified atom stereocenters. The van der Waals surface area contributed by atoms with Crippen LogP contribution in [0.2, 0.25) is 0 Å². The van der Waals surface area contributed by atoms with Gasteiger partial charge in [-0.25, -0.2) is 9.97 Å². The lowest BCUT2D eigenvalue weighted by atomic mass is 10.2. The van der Waals surface area contributed by atoms with Crippen molar-refractivity contribution in [2.24, 2.45) is 0 Å². The van der Waals surface area contributed by atoms with Crippen LogP contribution in [-0.4, -0.2) is 32.0 Å². The van der Waals surface area contributed by atoms with Crippen molar-refractivity contribution in [1.82, 2.24) is 24.8 Å². The number of H-pyrrole nitrogens is 1. The molecule has 0 atom stereocenters. The summed E-state index contributed by atoms with van der Waals surface area (Å²) in [5.41, 5.74) is 1.74. The molecule has 2 aromatic heterocycles. The first kappa shape index (κ1) is 15.0. The van der Waals surface area contributed by atoms with Crippen LogP contribution in [0.5, 0.6) is 0 Å². The first-order chi connectivity index (χ1) is 11.1. The zero-order chi connectivity index (χ0) is 16.2. The molecule has 23 heavy (non-hydrogen) atoms. The lowest BCUT2D eigenvalue weighted by Crippen LogP contribution is -2.24. The molecule has 3 aromatic rings. The van der Waals surface area contributed by atoms with Crippen molar-refractivity contribution in [3.8, 4) is 0 Å². The number of aromatic nitrogens is 4. The Hall–Kier alpha value is -2.96. The Bertz CT molecular complexity index is 882. The van der Waals surface area contributed by atoms with E-state index in [1.165, 1.54) is 6.92 Å². The first-order valence-electron chi connectivity index (χ1n) is 7.36. The van der Waals surface area contributed by atoms with E-state index in [4.69, 9.17) is 0 Å². The van der Waals surface area contributed by atoms with E-state index in [2.05, 4.69) is 20.3 Å². The highest BCUT2D eigenvalue weighted by Crippen LogP contribution is 2.09. The molecule has 2 N–H and O–H groups in total. The Morgan fingerprint density at radius 2 is 2.09 bits per heavy atom. The molecule has 7 nitrogen and oxygen atoms in total. The minimum Gasteiger partial charge on any atom is -0.356 e. The van der Waals surface area contributed by atoms with Crippen LogP contribution in [0.25, 0.3) is 11.2 Å². The number of carbonyl (C=O) groups is 1. The van der Waals surface area contributed by atoms with Gasteiger partial charge in [-0.1, -0.05) is 30.3 Å². The fraction of sp³-hybridized carbons (Fsp3) is 0.250. The lowest BCUT2D eigenvalue weighted by Gasteiger charge is -2.05. The SMILES string of the molecule is CC(=O)NCCc1nc2ncn(Cc3ccccc3)c2c(=O)[nH]1. The molecule has 0 fully saturated rings. The maximum Gasteiger partial charge on any atom is 0.277 e. The van der Waals surface area contributed by atoms with Crippen molar-refractivity contribution in [2.45, 2.75) is 19.9 Å². The number of carbonyl (C=O) groups excluding carboxylic acids is 1. The zero-order valence-electron chi connectivity index (χ0n) is 12.7. The summed E-state index contributed by atoms with van der Waals surface area (Å²) in [7, 11) is 0. The number of rotatable bonds is 5. The van der Waals surface area contributed by atoms with Gasteiger partial charge in [-0.05, 0) is 5.56 Å². The molecule has 0 bridgehead atoms. The van der Waals surface area contributed by atoms with Crippen molar-refractivity contribution in [2.75, 3.05) is 6.54 Å². The van der Waals surface area contributed by atoms with Crippen LogP contribution in [0.4, 0.5) is 0 Å². The highest BCUT2D eigenvalue weighted by Gasteiger charge is 2.11. The number of amides is 1. The summed E-state index contributed by atoms with van der Waals surface area (Å²) in [5.74, 6) is 0.404. The summed E-state index contributed by atoms with van der Waals surface area (Å²) < 4.78 is 1.79. The highest BCUT2D eigenvalue weighted by atomic mass is 16.1. The van der Waals surface area contributed by atoms with Crippen LogP contribution >= 0.6 is 0 Å². The zero-order valence-corrected chi connectivity index (χ0v) is 12.7. The maximum absolute atomic E-state index is 12.3. The molecule has 1 aromatic carbocycles. The van der Waals surface area contributed by atoms with E-state index in [0.29, 0.717) is 36.5 Å². The number of aromatic amines is 1. The smallest absolute Gasteiger partial charge is 0.277 e. The van der Waals surface area contributed by atoms with E-state index in [9.17, 15) is 9.59 Å². The van der Waals surface area contributed by atoms with E-state index in [-0.39, 0.29) is 11.5 Å². The van der Waals surface area contributed by atoms with Gasteiger partial charge < -0.3 is 14.9 Å². The average Bonchev–Trinajstić information content (AvgIpc) is 2.91. The minimum absolute atomic E-state index is 0.111. The molecule has 118 valence electrons. The quantitative estimate of drug-likeness (QED) is 0.730. The number of benzene rings is 1. The number of hydrogen-bond donors (Lipinski definition) is 2. The van der Waals surface area contributed by atoms with Gasteiger partial charge in [-0.3, -0.25) is 9.59 Å². The minimum atomic E-state index is -0.221. The molecule has 0 saturated carbocycles. The van der Waals surface area contributed by atoms with Crippen molar-refractivity contribution in [3.05, 3.63) is 58.4 Å². The van der Waals surface area contributed by atoms with Crippen molar-refractivity contribution in [3.63, 3.8) is 0 Å². The Balaban J connectivity index is 1.86. The molecular formula is C16H17N5O2. The molecule has 0 radical (unpaired) electrons. The van der Waals surface area contributed by atoms with Gasteiger partial charge in [0.2, 0.25) is 5.91 Å². The number of nitrogens with one attached hydrogen (secondary N) is 2. The molecule has 0 spiro atoms. The summed E-state index contributed by atoms with van der Waals surface area (Å²) >= 11 is 0. The Labute approximate surface area is 132 Å². The normalized spacial score (nSPS) is 10.8. The molecule has 0 aliphatic rings. The second-order valence-electron chi connectivity index (χ2n) is 5.28.